The Morgan fingerprint density at radius 3 is 2.71 bits per heavy atom. The largest absolute Gasteiger partial charge is 0.381 e. The van der Waals surface area contributed by atoms with Gasteiger partial charge in [-0.05, 0) is 25.7 Å². The van der Waals surface area contributed by atoms with Crippen LogP contribution in [0.5, 0.6) is 0 Å². The van der Waals surface area contributed by atoms with Gasteiger partial charge >= 0.3 is 0 Å². The van der Waals surface area contributed by atoms with Gasteiger partial charge in [-0.1, -0.05) is 13.8 Å². The second-order valence-corrected chi connectivity index (χ2v) is 5.83. The summed E-state index contributed by atoms with van der Waals surface area (Å²) in [6, 6.07) is 0.416. The highest BCUT2D eigenvalue weighted by atomic mass is 127. The van der Waals surface area contributed by atoms with Gasteiger partial charge in [-0.3, -0.25) is 4.99 Å². The molecule has 0 aromatic rings. The quantitative estimate of drug-likeness (QED) is 0.278. The number of aliphatic imine (C=N–C) groups is 1. The standard InChI is InChI=1S/C15H31N3O2.HI/c1-12(2)13(3)18-15(16-4)17-7-5-8-19-10-14-6-9-20-11-14;/h12-14H,5-11H2,1-4H3,(H2,16,17,18);1H. The number of hydrogen-bond donors (Lipinski definition) is 2. The molecule has 2 atom stereocenters. The minimum Gasteiger partial charge on any atom is -0.381 e. The molecule has 0 aromatic carbocycles. The summed E-state index contributed by atoms with van der Waals surface area (Å²) in [6.07, 6.45) is 2.13. The van der Waals surface area contributed by atoms with Crippen LogP contribution >= 0.6 is 24.0 Å². The zero-order valence-electron chi connectivity index (χ0n) is 13.9. The van der Waals surface area contributed by atoms with E-state index in [1.54, 1.807) is 7.05 Å². The molecule has 0 radical (unpaired) electrons. The summed E-state index contributed by atoms with van der Waals surface area (Å²) in [7, 11) is 1.80. The number of ether oxygens (including phenoxy) is 2. The van der Waals surface area contributed by atoms with Crippen molar-refractivity contribution >= 4 is 29.9 Å². The van der Waals surface area contributed by atoms with Gasteiger partial charge in [-0.2, -0.15) is 0 Å². The zero-order chi connectivity index (χ0) is 14.8. The van der Waals surface area contributed by atoms with E-state index in [9.17, 15) is 0 Å². The van der Waals surface area contributed by atoms with Crippen molar-refractivity contribution in [2.24, 2.45) is 16.8 Å². The second-order valence-electron chi connectivity index (χ2n) is 5.83. The molecule has 0 saturated carbocycles. The van der Waals surface area contributed by atoms with Gasteiger partial charge in [0.25, 0.3) is 0 Å². The molecule has 1 heterocycles. The van der Waals surface area contributed by atoms with Crippen LogP contribution in [-0.4, -0.2) is 52.0 Å². The lowest BCUT2D eigenvalue weighted by atomic mass is 10.1. The molecule has 2 unspecified atom stereocenters. The fourth-order valence-electron chi connectivity index (χ4n) is 1.92. The van der Waals surface area contributed by atoms with E-state index in [0.29, 0.717) is 17.9 Å². The summed E-state index contributed by atoms with van der Waals surface area (Å²) >= 11 is 0. The first-order valence-corrected chi connectivity index (χ1v) is 7.76. The van der Waals surface area contributed by atoms with Crippen LogP contribution in [0.15, 0.2) is 4.99 Å². The predicted molar refractivity (Wildman–Crippen MR) is 98.6 cm³/mol. The molecule has 126 valence electrons. The van der Waals surface area contributed by atoms with E-state index < -0.39 is 0 Å². The topological polar surface area (TPSA) is 54.9 Å². The molecule has 0 bridgehead atoms. The van der Waals surface area contributed by atoms with Crippen LogP contribution in [0.25, 0.3) is 0 Å². The van der Waals surface area contributed by atoms with E-state index in [0.717, 1.165) is 51.8 Å². The van der Waals surface area contributed by atoms with Gasteiger partial charge in [0.05, 0.1) is 13.2 Å². The second kappa shape index (κ2) is 12.5. The lowest BCUT2D eigenvalue weighted by Gasteiger charge is -2.20. The first-order valence-electron chi connectivity index (χ1n) is 7.76. The summed E-state index contributed by atoms with van der Waals surface area (Å²) in [4.78, 5) is 4.23. The Bertz CT molecular complexity index is 282. The fraction of sp³-hybridized carbons (Fsp3) is 0.933. The number of nitrogens with one attached hydrogen (secondary N) is 2. The van der Waals surface area contributed by atoms with Crippen LogP contribution in [0.4, 0.5) is 0 Å². The van der Waals surface area contributed by atoms with Gasteiger partial charge in [-0.15, -0.1) is 24.0 Å². The Labute approximate surface area is 146 Å². The van der Waals surface area contributed by atoms with Gasteiger partial charge in [-0.25, -0.2) is 0 Å². The summed E-state index contributed by atoms with van der Waals surface area (Å²) in [5, 5.41) is 6.70. The Morgan fingerprint density at radius 1 is 1.38 bits per heavy atom. The van der Waals surface area contributed by atoms with Crippen molar-refractivity contribution in [2.45, 2.75) is 39.7 Å². The van der Waals surface area contributed by atoms with Crippen molar-refractivity contribution in [2.75, 3.05) is 40.0 Å². The summed E-state index contributed by atoms with van der Waals surface area (Å²) < 4.78 is 11.0. The number of hydrogen-bond acceptors (Lipinski definition) is 3. The first-order chi connectivity index (χ1) is 9.63. The average Bonchev–Trinajstić information content (AvgIpc) is 2.94. The Morgan fingerprint density at radius 2 is 2.14 bits per heavy atom. The molecule has 2 N–H and O–H groups in total. The molecule has 1 saturated heterocycles. The molecule has 0 aromatic heterocycles. The van der Waals surface area contributed by atoms with Crippen molar-refractivity contribution in [3.05, 3.63) is 0 Å². The third kappa shape index (κ3) is 9.52. The monoisotopic (exact) mass is 413 g/mol. The zero-order valence-corrected chi connectivity index (χ0v) is 16.2. The highest BCUT2D eigenvalue weighted by Crippen LogP contribution is 2.12. The van der Waals surface area contributed by atoms with E-state index in [-0.39, 0.29) is 24.0 Å². The molecular formula is C15H32IN3O2. The molecule has 6 heteroatoms. The molecular weight excluding hydrogens is 381 g/mol. The van der Waals surface area contributed by atoms with Crippen LogP contribution < -0.4 is 10.6 Å². The fourth-order valence-corrected chi connectivity index (χ4v) is 1.92. The smallest absolute Gasteiger partial charge is 0.191 e. The summed E-state index contributed by atoms with van der Waals surface area (Å²) in [6.45, 7) is 10.8. The van der Waals surface area contributed by atoms with Crippen molar-refractivity contribution in [3.63, 3.8) is 0 Å². The molecule has 1 fully saturated rings. The SMILES string of the molecule is CN=C(NCCCOCC1CCOC1)NC(C)C(C)C.I. The van der Waals surface area contributed by atoms with Crippen LogP contribution in [0, 0.1) is 11.8 Å². The van der Waals surface area contributed by atoms with Crippen molar-refractivity contribution in [1.29, 1.82) is 0 Å². The highest BCUT2D eigenvalue weighted by molar-refractivity contribution is 14.0. The van der Waals surface area contributed by atoms with Gasteiger partial charge < -0.3 is 20.1 Å². The average molecular weight is 413 g/mol. The number of nitrogens with zero attached hydrogens (tertiary/aromatic N) is 1. The molecule has 0 aliphatic carbocycles. The third-order valence-electron chi connectivity index (χ3n) is 3.72. The molecule has 0 amide bonds. The molecule has 0 spiro atoms. The predicted octanol–water partition coefficient (Wildman–Crippen LogP) is 2.26. The lowest BCUT2D eigenvalue weighted by molar-refractivity contribution is 0.0888. The van der Waals surface area contributed by atoms with Crippen molar-refractivity contribution in [1.82, 2.24) is 10.6 Å². The molecule has 21 heavy (non-hydrogen) atoms. The molecule has 1 aliphatic heterocycles. The minimum absolute atomic E-state index is 0. The van der Waals surface area contributed by atoms with E-state index >= 15 is 0 Å². The Balaban J connectivity index is 0.00000400. The minimum atomic E-state index is 0. The maximum atomic E-state index is 5.67. The van der Waals surface area contributed by atoms with E-state index in [1.807, 2.05) is 0 Å². The van der Waals surface area contributed by atoms with Crippen LogP contribution in [-0.2, 0) is 9.47 Å². The molecule has 1 rings (SSSR count). The molecule has 5 nitrogen and oxygen atoms in total. The van der Waals surface area contributed by atoms with Crippen LogP contribution in [0.1, 0.15) is 33.6 Å². The van der Waals surface area contributed by atoms with Gasteiger partial charge in [0.1, 0.15) is 0 Å². The Kier molecular flexibility index (Phi) is 12.4. The van der Waals surface area contributed by atoms with Gasteiger partial charge in [0.15, 0.2) is 5.96 Å². The van der Waals surface area contributed by atoms with Crippen molar-refractivity contribution < 1.29 is 9.47 Å². The summed E-state index contributed by atoms with van der Waals surface area (Å²) in [5.74, 6) is 2.06. The first kappa shape index (κ1) is 20.9. The van der Waals surface area contributed by atoms with E-state index in [4.69, 9.17) is 9.47 Å². The number of rotatable bonds is 8. The van der Waals surface area contributed by atoms with Crippen LogP contribution in [0.2, 0.25) is 0 Å². The maximum absolute atomic E-state index is 5.67. The highest BCUT2D eigenvalue weighted by Gasteiger charge is 2.15. The Hall–Kier alpha value is -0.0800. The maximum Gasteiger partial charge on any atom is 0.191 e. The normalized spacial score (nSPS) is 20.2. The number of guanidine groups is 1. The van der Waals surface area contributed by atoms with E-state index in [1.165, 1.54) is 0 Å². The third-order valence-corrected chi connectivity index (χ3v) is 3.72. The van der Waals surface area contributed by atoms with Gasteiger partial charge in [0.2, 0.25) is 0 Å². The summed E-state index contributed by atoms with van der Waals surface area (Å²) in [5.41, 5.74) is 0. The lowest BCUT2D eigenvalue weighted by Crippen LogP contribution is -2.44. The molecule has 1 aliphatic rings. The van der Waals surface area contributed by atoms with Crippen molar-refractivity contribution in [3.8, 4) is 0 Å². The van der Waals surface area contributed by atoms with Crippen LogP contribution in [0.3, 0.4) is 0 Å². The van der Waals surface area contributed by atoms with Gasteiger partial charge in [0, 0.05) is 38.8 Å². The van der Waals surface area contributed by atoms with E-state index in [2.05, 4.69) is 36.4 Å². The number of halogens is 1.